The molecule has 0 unspecified atom stereocenters. The van der Waals surface area contributed by atoms with Crippen LogP contribution in [0.25, 0.3) is 38.6 Å². The van der Waals surface area contributed by atoms with E-state index in [2.05, 4.69) is 48.9 Å². The number of pyridine rings is 1. The van der Waals surface area contributed by atoms with E-state index in [4.69, 9.17) is 5.73 Å². The van der Waals surface area contributed by atoms with Gasteiger partial charge < -0.3 is 5.73 Å². The van der Waals surface area contributed by atoms with Crippen LogP contribution in [0.2, 0.25) is 0 Å². The van der Waals surface area contributed by atoms with Gasteiger partial charge in [0.25, 0.3) is 0 Å². The molecule has 27 heavy (non-hydrogen) atoms. The first-order valence-electron chi connectivity index (χ1n) is 8.33. The van der Waals surface area contributed by atoms with Gasteiger partial charge in [-0.1, -0.05) is 29.5 Å². The molecule has 0 fully saturated rings. The van der Waals surface area contributed by atoms with Gasteiger partial charge in [0, 0.05) is 36.1 Å². The van der Waals surface area contributed by atoms with Crippen molar-refractivity contribution in [2.45, 2.75) is 0 Å². The summed E-state index contributed by atoms with van der Waals surface area (Å²) in [4.78, 5) is 4.58. The fourth-order valence-corrected chi connectivity index (χ4v) is 3.71. The summed E-state index contributed by atoms with van der Waals surface area (Å²) in [5.41, 5.74) is 11.8. The number of benzene rings is 1. The zero-order chi connectivity index (χ0) is 18.4. The van der Waals surface area contributed by atoms with E-state index in [1.807, 2.05) is 44.0 Å². The van der Waals surface area contributed by atoms with Crippen LogP contribution in [0.5, 0.6) is 0 Å². The molecule has 0 saturated heterocycles. The molecule has 5 aromatic rings. The molecule has 4 heterocycles. The average Bonchev–Trinajstić information content (AvgIpc) is 3.41. The minimum atomic E-state index is 0.466. The van der Waals surface area contributed by atoms with Crippen LogP contribution < -0.4 is 5.73 Å². The summed E-state index contributed by atoms with van der Waals surface area (Å²) in [6.07, 6.45) is 7.77. The van der Waals surface area contributed by atoms with E-state index in [9.17, 15) is 0 Å². The van der Waals surface area contributed by atoms with Gasteiger partial charge in [-0.05, 0) is 23.8 Å². The van der Waals surface area contributed by atoms with Crippen molar-refractivity contribution in [3.8, 4) is 33.0 Å². The Labute approximate surface area is 158 Å². The number of nitrogens with zero attached hydrogens (tertiary/aromatic N) is 6. The number of aromatic nitrogens is 6. The third-order valence-corrected chi connectivity index (χ3v) is 5.20. The molecule has 0 atom stereocenters. The highest BCUT2D eigenvalue weighted by molar-refractivity contribution is 7.18. The van der Waals surface area contributed by atoms with Crippen LogP contribution >= 0.6 is 11.3 Å². The molecule has 132 valence electrons. The van der Waals surface area contributed by atoms with Crippen molar-refractivity contribution in [1.29, 1.82) is 0 Å². The number of fused-ring (bicyclic) bond motifs is 1. The van der Waals surface area contributed by atoms with Crippen LogP contribution in [0.3, 0.4) is 0 Å². The van der Waals surface area contributed by atoms with E-state index in [1.165, 1.54) is 11.3 Å². The zero-order valence-corrected chi connectivity index (χ0v) is 15.3. The summed E-state index contributed by atoms with van der Waals surface area (Å²) >= 11 is 1.38. The van der Waals surface area contributed by atoms with Gasteiger partial charge in [0.15, 0.2) is 0 Å². The first-order valence-corrected chi connectivity index (χ1v) is 9.15. The van der Waals surface area contributed by atoms with Gasteiger partial charge in [0.1, 0.15) is 10.7 Å². The largest absolute Gasteiger partial charge is 0.374 e. The Kier molecular flexibility index (Phi) is 3.51. The molecule has 7 nitrogen and oxygen atoms in total. The second-order valence-corrected chi connectivity index (χ2v) is 7.23. The molecule has 0 spiro atoms. The Morgan fingerprint density at radius 1 is 0.963 bits per heavy atom. The topological polar surface area (TPSA) is 86.9 Å². The molecule has 0 amide bonds. The standard InChI is InChI=1S/C19H15N7S/c1-25-11-15(9-22-25)12-5-6-26-16(10-21-17(26)8-12)13-3-2-4-14(7-13)18-23-24-19(20)27-18/h2-11H,1H3,(H2,20,24). The molecule has 5 rings (SSSR count). The fourth-order valence-electron chi connectivity index (χ4n) is 3.11. The summed E-state index contributed by atoms with van der Waals surface area (Å²) < 4.78 is 3.87. The van der Waals surface area contributed by atoms with Crippen LogP contribution in [-0.4, -0.2) is 29.4 Å². The molecular formula is C19H15N7S. The maximum absolute atomic E-state index is 5.71. The minimum absolute atomic E-state index is 0.466. The lowest BCUT2D eigenvalue weighted by atomic mass is 10.1. The highest BCUT2D eigenvalue weighted by Gasteiger charge is 2.11. The fraction of sp³-hybridized carbons (Fsp3) is 0.0526. The van der Waals surface area contributed by atoms with Crippen LogP contribution in [-0.2, 0) is 7.05 Å². The van der Waals surface area contributed by atoms with E-state index < -0.39 is 0 Å². The second-order valence-electron chi connectivity index (χ2n) is 6.22. The number of hydrogen-bond acceptors (Lipinski definition) is 6. The average molecular weight is 373 g/mol. The van der Waals surface area contributed by atoms with Crippen LogP contribution in [0.1, 0.15) is 0 Å². The summed E-state index contributed by atoms with van der Waals surface area (Å²) in [5.74, 6) is 0. The third kappa shape index (κ3) is 2.76. The van der Waals surface area contributed by atoms with Gasteiger partial charge in [-0.3, -0.25) is 9.08 Å². The first-order chi connectivity index (χ1) is 13.2. The van der Waals surface area contributed by atoms with Gasteiger partial charge in [0.2, 0.25) is 5.13 Å². The van der Waals surface area contributed by atoms with Crippen LogP contribution in [0.4, 0.5) is 5.13 Å². The Hall–Kier alpha value is -3.52. The van der Waals surface area contributed by atoms with Gasteiger partial charge in [-0.25, -0.2) is 4.98 Å². The summed E-state index contributed by atoms with van der Waals surface area (Å²) in [7, 11) is 1.91. The van der Waals surface area contributed by atoms with Crippen LogP contribution in [0.15, 0.2) is 61.2 Å². The van der Waals surface area contributed by atoms with E-state index in [-0.39, 0.29) is 0 Å². The lowest BCUT2D eigenvalue weighted by molar-refractivity contribution is 0.768. The molecule has 1 aromatic carbocycles. The van der Waals surface area contributed by atoms with Crippen molar-refractivity contribution in [3.63, 3.8) is 0 Å². The van der Waals surface area contributed by atoms with E-state index in [1.54, 1.807) is 4.68 Å². The van der Waals surface area contributed by atoms with Gasteiger partial charge in [-0.2, -0.15) is 5.10 Å². The third-order valence-electron chi connectivity index (χ3n) is 4.40. The SMILES string of the molecule is Cn1cc(-c2ccn3c(-c4cccc(-c5nnc(N)s5)c4)cnc3c2)cn1. The molecule has 0 aliphatic rings. The van der Waals surface area contributed by atoms with E-state index >= 15 is 0 Å². The van der Waals surface area contributed by atoms with Crippen molar-refractivity contribution in [1.82, 2.24) is 29.4 Å². The molecule has 0 aliphatic carbocycles. The lowest BCUT2D eigenvalue weighted by Gasteiger charge is -2.05. The number of nitrogen functional groups attached to an aromatic ring is 1. The van der Waals surface area contributed by atoms with Gasteiger partial charge in [-0.15, -0.1) is 10.2 Å². The molecule has 0 bridgehead atoms. The number of anilines is 1. The predicted molar refractivity (Wildman–Crippen MR) is 106 cm³/mol. The normalized spacial score (nSPS) is 11.3. The molecule has 0 aliphatic heterocycles. The van der Waals surface area contributed by atoms with E-state index in [0.717, 1.165) is 38.6 Å². The number of hydrogen-bond donors (Lipinski definition) is 1. The van der Waals surface area contributed by atoms with Gasteiger partial charge in [0.05, 0.1) is 18.1 Å². The number of aryl methyl sites for hydroxylation is 1. The second kappa shape index (κ2) is 6.03. The van der Waals surface area contributed by atoms with Gasteiger partial charge >= 0.3 is 0 Å². The Morgan fingerprint density at radius 2 is 1.85 bits per heavy atom. The molecule has 0 radical (unpaired) electrons. The molecule has 8 heteroatoms. The number of imidazole rings is 1. The summed E-state index contributed by atoms with van der Waals surface area (Å²) in [6, 6.07) is 12.3. The number of nitrogens with two attached hydrogens (primary N) is 1. The zero-order valence-electron chi connectivity index (χ0n) is 14.4. The van der Waals surface area contributed by atoms with Crippen molar-refractivity contribution in [3.05, 3.63) is 61.2 Å². The maximum Gasteiger partial charge on any atom is 0.203 e. The van der Waals surface area contributed by atoms with Crippen molar-refractivity contribution >= 4 is 22.1 Å². The Bertz CT molecular complexity index is 1260. The first kappa shape index (κ1) is 15.7. The molecule has 2 N–H and O–H groups in total. The van der Waals surface area contributed by atoms with Crippen molar-refractivity contribution in [2.24, 2.45) is 7.05 Å². The lowest BCUT2D eigenvalue weighted by Crippen LogP contribution is -1.89. The van der Waals surface area contributed by atoms with Crippen molar-refractivity contribution < 1.29 is 0 Å². The molecule has 4 aromatic heterocycles. The van der Waals surface area contributed by atoms with Crippen LogP contribution in [0, 0.1) is 0 Å². The monoisotopic (exact) mass is 373 g/mol. The maximum atomic E-state index is 5.71. The summed E-state index contributed by atoms with van der Waals surface area (Å²) in [6.45, 7) is 0. The minimum Gasteiger partial charge on any atom is -0.374 e. The predicted octanol–water partition coefficient (Wildman–Crippen LogP) is 3.50. The van der Waals surface area contributed by atoms with Crippen molar-refractivity contribution in [2.75, 3.05) is 5.73 Å². The molecular weight excluding hydrogens is 358 g/mol. The number of rotatable bonds is 3. The highest BCUT2D eigenvalue weighted by atomic mass is 32.1. The Balaban J connectivity index is 1.57. The Morgan fingerprint density at radius 3 is 2.63 bits per heavy atom. The highest BCUT2D eigenvalue weighted by Crippen LogP contribution is 2.30. The quantitative estimate of drug-likeness (QED) is 0.523. The van der Waals surface area contributed by atoms with E-state index in [0.29, 0.717) is 5.13 Å². The molecule has 0 saturated carbocycles. The summed E-state index contributed by atoms with van der Waals surface area (Å²) in [5, 5.41) is 13.5. The smallest absolute Gasteiger partial charge is 0.203 e.